The summed E-state index contributed by atoms with van der Waals surface area (Å²) in [6.07, 6.45) is 1.06. The number of rotatable bonds is 3. The molecule has 1 atom stereocenters. The quantitative estimate of drug-likeness (QED) is 0.623. The number of hydrogen-bond acceptors (Lipinski definition) is 3. The molecule has 0 spiro atoms. The van der Waals surface area contributed by atoms with Gasteiger partial charge in [-0.1, -0.05) is 0 Å². The molecule has 0 saturated heterocycles. The van der Waals surface area contributed by atoms with Crippen molar-refractivity contribution in [1.82, 2.24) is 9.78 Å². The van der Waals surface area contributed by atoms with Crippen molar-refractivity contribution in [2.24, 2.45) is 0 Å². The smallest absolute Gasteiger partial charge is 0.0966 e. The Kier molecular flexibility index (Phi) is 2.62. The van der Waals surface area contributed by atoms with E-state index in [4.69, 9.17) is 10.2 Å². The van der Waals surface area contributed by atoms with Crippen LogP contribution in [-0.4, -0.2) is 32.7 Å². The lowest BCUT2D eigenvalue weighted by molar-refractivity contribution is 0.0782. The minimum atomic E-state index is -0.714. The predicted molar refractivity (Wildman–Crippen MR) is 40.1 cm³/mol. The second-order valence-corrected chi connectivity index (χ2v) is 2.52. The van der Waals surface area contributed by atoms with Gasteiger partial charge < -0.3 is 10.2 Å². The molecule has 1 heterocycles. The largest absolute Gasteiger partial charge is 0.394 e. The van der Waals surface area contributed by atoms with E-state index in [0.29, 0.717) is 6.54 Å². The van der Waals surface area contributed by atoms with Crippen LogP contribution in [0, 0.1) is 6.92 Å². The molecule has 0 aromatic carbocycles. The van der Waals surface area contributed by atoms with Gasteiger partial charge in [0.05, 0.1) is 24.9 Å². The summed E-state index contributed by atoms with van der Waals surface area (Å²) >= 11 is 0. The van der Waals surface area contributed by atoms with Crippen LogP contribution in [0.5, 0.6) is 0 Å². The Morgan fingerprint density at radius 3 is 2.91 bits per heavy atom. The first-order valence-electron chi connectivity index (χ1n) is 3.51. The second-order valence-electron chi connectivity index (χ2n) is 2.52. The van der Waals surface area contributed by atoms with Gasteiger partial charge in [-0.25, -0.2) is 0 Å². The third kappa shape index (κ3) is 2.32. The number of aromatic nitrogens is 2. The van der Waals surface area contributed by atoms with Crippen LogP contribution in [0.4, 0.5) is 0 Å². The van der Waals surface area contributed by atoms with Crippen LogP contribution in [-0.2, 0) is 6.54 Å². The van der Waals surface area contributed by atoms with E-state index in [9.17, 15) is 0 Å². The van der Waals surface area contributed by atoms with Crippen LogP contribution < -0.4 is 0 Å². The maximum atomic E-state index is 9.01. The van der Waals surface area contributed by atoms with Gasteiger partial charge >= 0.3 is 0 Å². The molecular weight excluding hydrogens is 144 g/mol. The number of nitrogens with zero attached hydrogens (tertiary/aromatic N) is 2. The SMILES string of the molecule is Cc1ccn(CC(O)CO)n1. The van der Waals surface area contributed by atoms with Gasteiger partial charge in [-0.15, -0.1) is 0 Å². The molecular formula is C7H12N2O2. The zero-order valence-corrected chi connectivity index (χ0v) is 6.44. The molecule has 0 radical (unpaired) electrons. The van der Waals surface area contributed by atoms with Gasteiger partial charge in [-0.3, -0.25) is 4.68 Å². The third-order valence-electron chi connectivity index (χ3n) is 1.38. The Hall–Kier alpha value is -0.870. The van der Waals surface area contributed by atoms with Crippen molar-refractivity contribution in [3.05, 3.63) is 18.0 Å². The Bertz CT molecular complexity index is 222. The van der Waals surface area contributed by atoms with Crippen molar-refractivity contribution in [1.29, 1.82) is 0 Å². The molecule has 0 fully saturated rings. The molecule has 4 nitrogen and oxygen atoms in total. The van der Waals surface area contributed by atoms with E-state index in [2.05, 4.69) is 5.10 Å². The van der Waals surface area contributed by atoms with E-state index < -0.39 is 6.10 Å². The van der Waals surface area contributed by atoms with E-state index in [1.54, 1.807) is 10.9 Å². The van der Waals surface area contributed by atoms with E-state index in [-0.39, 0.29) is 6.61 Å². The molecule has 0 amide bonds. The minimum Gasteiger partial charge on any atom is -0.394 e. The molecule has 1 aromatic rings. The van der Waals surface area contributed by atoms with Crippen molar-refractivity contribution in [3.63, 3.8) is 0 Å². The molecule has 0 aliphatic rings. The lowest BCUT2D eigenvalue weighted by Crippen LogP contribution is -2.20. The summed E-state index contributed by atoms with van der Waals surface area (Å²) in [5.74, 6) is 0. The highest BCUT2D eigenvalue weighted by Gasteiger charge is 2.02. The Morgan fingerprint density at radius 2 is 2.45 bits per heavy atom. The van der Waals surface area contributed by atoms with E-state index >= 15 is 0 Å². The standard InChI is InChI=1S/C7H12N2O2/c1-6-2-3-9(8-6)4-7(11)5-10/h2-3,7,10-11H,4-5H2,1H3. The van der Waals surface area contributed by atoms with Gasteiger partial charge in [0.25, 0.3) is 0 Å². The van der Waals surface area contributed by atoms with Crippen molar-refractivity contribution in [2.45, 2.75) is 19.6 Å². The third-order valence-corrected chi connectivity index (χ3v) is 1.38. The zero-order chi connectivity index (χ0) is 8.27. The lowest BCUT2D eigenvalue weighted by atomic mass is 10.4. The van der Waals surface area contributed by atoms with Crippen LogP contribution in [0.1, 0.15) is 5.69 Å². The first kappa shape index (κ1) is 8.23. The topological polar surface area (TPSA) is 58.3 Å². The number of hydrogen-bond donors (Lipinski definition) is 2. The predicted octanol–water partition coefficient (Wildman–Crippen LogP) is -0.455. The Morgan fingerprint density at radius 1 is 1.73 bits per heavy atom. The number of aliphatic hydroxyl groups excluding tert-OH is 2. The molecule has 11 heavy (non-hydrogen) atoms. The highest BCUT2D eigenvalue weighted by Crippen LogP contribution is 1.94. The van der Waals surface area contributed by atoms with Gasteiger partial charge in [-0.05, 0) is 13.0 Å². The Labute approximate surface area is 65.1 Å². The molecule has 0 aliphatic carbocycles. The van der Waals surface area contributed by atoms with Gasteiger partial charge in [0.2, 0.25) is 0 Å². The first-order chi connectivity index (χ1) is 5.22. The average molecular weight is 156 g/mol. The molecule has 2 N–H and O–H groups in total. The Balaban J connectivity index is 2.50. The monoisotopic (exact) mass is 156 g/mol. The van der Waals surface area contributed by atoms with E-state index in [0.717, 1.165) is 5.69 Å². The van der Waals surface area contributed by atoms with Crippen molar-refractivity contribution >= 4 is 0 Å². The summed E-state index contributed by atoms with van der Waals surface area (Å²) in [4.78, 5) is 0. The fourth-order valence-electron chi connectivity index (χ4n) is 0.839. The zero-order valence-electron chi connectivity index (χ0n) is 6.44. The molecule has 1 unspecified atom stereocenters. The maximum Gasteiger partial charge on any atom is 0.0966 e. The van der Waals surface area contributed by atoms with Gasteiger partial charge in [-0.2, -0.15) is 5.10 Å². The molecule has 0 aliphatic heterocycles. The minimum absolute atomic E-state index is 0.223. The van der Waals surface area contributed by atoms with Crippen molar-refractivity contribution in [3.8, 4) is 0 Å². The summed E-state index contributed by atoms with van der Waals surface area (Å²) in [7, 11) is 0. The summed E-state index contributed by atoms with van der Waals surface area (Å²) in [6.45, 7) is 2.01. The van der Waals surface area contributed by atoms with E-state index in [1.165, 1.54) is 0 Å². The van der Waals surface area contributed by atoms with Gasteiger partial charge in [0.15, 0.2) is 0 Å². The van der Waals surface area contributed by atoms with Crippen LogP contribution >= 0.6 is 0 Å². The summed E-state index contributed by atoms with van der Waals surface area (Å²) in [5, 5.41) is 21.6. The van der Waals surface area contributed by atoms with Crippen molar-refractivity contribution < 1.29 is 10.2 Å². The molecule has 4 heteroatoms. The number of aliphatic hydroxyl groups is 2. The normalized spacial score (nSPS) is 13.4. The van der Waals surface area contributed by atoms with Gasteiger partial charge in [0.1, 0.15) is 0 Å². The summed E-state index contributed by atoms with van der Waals surface area (Å²) in [6, 6.07) is 1.85. The molecule has 1 rings (SSSR count). The van der Waals surface area contributed by atoms with Crippen LogP contribution in [0.2, 0.25) is 0 Å². The average Bonchev–Trinajstić information content (AvgIpc) is 2.35. The first-order valence-corrected chi connectivity index (χ1v) is 3.51. The number of aryl methyl sites for hydroxylation is 1. The molecule has 1 aromatic heterocycles. The second kappa shape index (κ2) is 3.50. The van der Waals surface area contributed by atoms with Crippen LogP contribution in [0.25, 0.3) is 0 Å². The van der Waals surface area contributed by atoms with Crippen LogP contribution in [0.3, 0.4) is 0 Å². The molecule has 0 bridgehead atoms. The van der Waals surface area contributed by atoms with Crippen molar-refractivity contribution in [2.75, 3.05) is 6.61 Å². The van der Waals surface area contributed by atoms with Crippen LogP contribution in [0.15, 0.2) is 12.3 Å². The fraction of sp³-hybridized carbons (Fsp3) is 0.571. The summed E-state index contributed by atoms with van der Waals surface area (Å²) in [5.41, 5.74) is 0.912. The van der Waals surface area contributed by atoms with Gasteiger partial charge in [0, 0.05) is 6.20 Å². The highest BCUT2D eigenvalue weighted by atomic mass is 16.3. The van der Waals surface area contributed by atoms with E-state index in [1.807, 2.05) is 13.0 Å². The maximum absolute atomic E-state index is 9.01. The fourth-order valence-corrected chi connectivity index (χ4v) is 0.839. The highest BCUT2D eigenvalue weighted by molar-refractivity contribution is 4.94. The summed E-state index contributed by atoms with van der Waals surface area (Å²) < 4.78 is 1.61. The molecule has 0 saturated carbocycles. The molecule has 62 valence electrons. The lowest BCUT2D eigenvalue weighted by Gasteiger charge is -2.05.